The molecule has 2 aliphatic carbocycles. The van der Waals surface area contributed by atoms with Gasteiger partial charge in [-0.3, -0.25) is 0 Å². The number of rotatable bonds is 3. The van der Waals surface area contributed by atoms with Crippen LogP contribution in [-0.2, 0) is 0 Å². The Bertz CT molecular complexity index is 256. The summed E-state index contributed by atoms with van der Waals surface area (Å²) in [5, 5.41) is 0. The molecule has 2 saturated carbocycles. The van der Waals surface area contributed by atoms with Crippen molar-refractivity contribution in [2.24, 2.45) is 23.7 Å². The SMILES string of the molecule is CCCC1CCC(C2CCC(C(F)(F)F)CC2)CC1. The van der Waals surface area contributed by atoms with Crippen LogP contribution in [0.4, 0.5) is 13.2 Å². The quantitative estimate of drug-likeness (QED) is 0.596. The number of halogens is 3. The Morgan fingerprint density at radius 2 is 1.26 bits per heavy atom. The Morgan fingerprint density at radius 1 is 0.789 bits per heavy atom. The van der Waals surface area contributed by atoms with Gasteiger partial charge in [-0.05, 0) is 56.3 Å². The second kappa shape index (κ2) is 6.49. The first-order valence-corrected chi connectivity index (χ1v) is 8.07. The highest BCUT2D eigenvalue weighted by Gasteiger charge is 2.42. The molecule has 19 heavy (non-hydrogen) atoms. The standard InChI is InChI=1S/C16H27F3/c1-2-3-12-4-6-13(7-5-12)14-8-10-15(11-9-14)16(17,18)19/h12-15H,2-11H2,1H3. The van der Waals surface area contributed by atoms with E-state index in [9.17, 15) is 13.2 Å². The van der Waals surface area contributed by atoms with E-state index in [0.29, 0.717) is 18.8 Å². The van der Waals surface area contributed by atoms with E-state index in [2.05, 4.69) is 6.92 Å². The fraction of sp³-hybridized carbons (Fsp3) is 1.00. The first-order chi connectivity index (χ1) is 9.00. The molecule has 0 saturated heterocycles. The Hall–Kier alpha value is -0.210. The van der Waals surface area contributed by atoms with Gasteiger partial charge >= 0.3 is 6.18 Å². The summed E-state index contributed by atoms with van der Waals surface area (Å²) in [6.45, 7) is 2.24. The molecule has 0 heterocycles. The van der Waals surface area contributed by atoms with Gasteiger partial charge in [-0.2, -0.15) is 13.2 Å². The second-order valence-corrected chi connectivity index (χ2v) is 6.72. The van der Waals surface area contributed by atoms with E-state index in [0.717, 1.165) is 24.7 Å². The molecule has 0 bridgehead atoms. The minimum absolute atomic E-state index is 0.378. The van der Waals surface area contributed by atoms with Crippen molar-refractivity contribution in [3.05, 3.63) is 0 Å². The molecule has 0 nitrogen and oxygen atoms in total. The molecular formula is C16H27F3. The molecule has 0 aromatic carbocycles. The zero-order chi connectivity index (χ0) is 13.9. The Morgan fingerprint density at radius 3 is 1.68 bits per heavy atom. The predicted octanol–water partition coefficient (Wildman–Crippen LogP) is 5.96. The maximum absolute atomic E-state index is 12.6. The molecule has 2 aliphatic rings. The minimum atomic E-state index is -3.95. The van der Waals surface area contributed by atoms with E-state index < -0.39 is 12.1 Å². The van der Waals surface area contributed by atoms with Crippen molar-refractivity contribution in [1.29, 1.82) is 0 Å². The lowest BCUT2D eigenvalue weighted by Crippen LogP contribution is -2.31. The van der Waals surface area contributed by atoms with Crippen molar-refractivity contribution in [2.45, 2.75) is 77.3 Å². The summed E-state index contributed by atoms with van der Waals surface area (Å²) in [5.41, 5.74) is 0. The summed E-state index contributed by atoms with van der Waals surface area (Å²) in [7, 11) is 0. The minimum Gasteiger partial charge on any atom is -0.171 e. The molecule has 0 N–H and O–H groups in total. The second-order valence-electron chi connectivity index (χ2n) is 6.72. The molecule has 112 valence electrons. The molecule has 0 amide bonds. The van der Waals surface area contributed by atoms with Gasteiger partial charge < -0.3 is 0 Å². The normalized spacial score (nSPS) is 37.3. The van der Waals surface area contributed by atoms with Crippen molar-refractivity contribution in [1.82, 2.24) is 0 Å². The largest absolute Gasteiger partial charge is 0.391 e. The highest BCUT2D eigenvalue weighted by Crippen LogP contribution is 2.45. The van der Waals surface area contributed by atoms with Crippen LogP contribution in [0, 0.1) is 23.7 Å². The highest BCUT2D eigenvalue weighted by molar-refractivity contribution is 4.83. The van der Waals surface area contributed by atoms with Gasteiger partial charge in [0, 0.05) is 0 Å². The summed E-state index contributed by atoms with van der Waals surface area (Å²) in [6, 6.07) is 0. The topological polar surface area (TPSA) is 0 Å². The van der Waals surface area contributed by atoms with Gasteiger partial charge in [-0.25, -0.2) is 0 Å². The third-order valence-corrected chi connectivity index (χ3v) is 5.49. The van der Waals surface area contributed by atoms with Crippen LogP contribution in [0.3, 0.4) is 0 Å². The molecule has 0 aromatic heterocycles. The molecule has 3 heteroatoms. The lowest BCUT2D eigenvalue weighted by atomic mass is 9.68. The van der Waals surface area contributed by atoms with Crippen molar-refractivity contribution < 1.29 is 13.2 Å². The van der Waals surface area contributed by atoms with Gasteiger partial charge in [0.05, 0.1) is 5.92 Å². The summed E-state index contributed by atoms with van der Waals surface area (Å²) in [6.07, 6.45) is 6.21. The van der Waals surface area contributed by atoms with Crippen LogP contribution < -0.4 is 0 Å². The van der Waals surface area contributed by atoms with Gasteiger partial charge in [-0.1, -0.05) is 32.6 Å². The first kappa shape index (κ1) is 15.2. The van der Waals surface area contributed by atoms with E-state index in [1.165, 1.54) is 38.5 Å². The predicted molar refractivity (Wildman–Crippen MR) is 71.9 cm³/mol. The third-order valence-electron chi connectivity index (χ3n) is 5.49. The number of hydrogen-bond acceptors (Lipinski definition) is 0. The van der Waals surface area contributed by atoms with Gasteiger partial charge in [0.25, 0.3) is 0 Å². The van der Waals surface area contributed by atoms with Crippen molar-refractivity contribution >= 4 is 0 Å². The average Bonchev–Trinajstić information content (AvgIpc) is 2.39. The van der Waals surface area contributed by atoms with Crippen LogP contribution in [-0.4, -0.2) is 6.18 Å². The smallest absolute Gasteiger partial charge is 0.171 e. The van der Waals surface area contributed by atoms with Gasteiger partial charge in [0.1, 0.15) is 0 Å². The summed E-state index contributed by atoms with van der Waals surface area (Å²) < 4.78 is 37.9. The molecule has 2 fully saturated rings. The van der Waals surface area contributed by atoms with Crippen molar-refractivity contribution in [3.63, 3.8) is 0 Å². The number of alkyl halides is 3. The molecule has 0 unspecified atom stereocenters. The van der Waals surface area contributed by atoms with Crippen molar-refractivity contribution in [3.8, 4) is 0 Å². The Kier molecular flexibility index (Phi) is 5.19. The maximum Gasteiger partial charge on any atom is 0.391 e. The molecule has 0 radical (unpaired) electrons. The average molecular weight is 276 g/mol. The van der Waals surface area contributed by atoms with Gasteiger partial charge in [-0.15, -0.1) is 0 Å². The molecule has 0 aromatic rings. The fourth-order valence-electron chi connectivity index (χ4n) is 4.27. The van der Waals surface area contributed by atoms with Crippen LogP contribution in [0.5, 0.6) is 0 Å². The monoisotopic (exact) mass is 276 g/mol. The lowest BCUT2D eigenvalue weighted by Gasteiger charge is -2.38. The molecule has 2 rings (SSSR count). The molecule has 0 atom stereocenters. The van der Waals surface area contributed by atoms with E-state index in [-0.39, 0.29) is 0 Å². The van der Waals surface area contributed by atoms with E-state index in [1.54, 1.807) is 0 Å². The van der Waals surface area contributed by atoms with Crippen molar-refractivity contribution in [2.75, 3.05) is 0 Å². The van der Waals surface area contributed by atoms with Gasteiger partial charge in [0.15, 0.2) is 0 Å². The van der Waals surface area contributed by atoms with Crippen LogP contribution in [0.2, 0.25) is 0 Å². The zero-order valence-electron chi connectivity index (χ0n) is 12.0. The molecular weight excluding hydrogens is 249 g/mol. The van der Waals surface area contributed by atoms with E-state index in [1.807, 2.05) is 0 Å². The van der Waals surface area contributed by atoms with Crippen LogP contribution in [0.15, 0.2) is 0 Å². The van der Waals surface area contributed by atoms with E-state index >= 15 is 0 Å². The summed E-state index contributed by atoms with van der Waals surface area (Å²) in [4.78, 5) is 0. The summed E-state index contributed by atoms with van der Waals surface area (Å²) >= 11 is 0. The lowest BCUT2D eigenvalue weighted by molar-refractivity contribution is -0.185. The Labute approximate surface area is 115 Å². The van der Waals surface area contributed by atoms with Crippen LogP contribution >= 0.6 is 0 Å². The fourth-order valence-corrected chi connectivity index (χ4v) is 4.27. The third kappa shape index (κ3) is 4.13. The Balaban J connectivity index is 1.74. The molecule has 0 aliphatic heterocycles. The first-order valence-electron chi connectivity index (χ1n) is 8.07. The summed E-state index contributed by atoms with van der Waals surface area (Å²) in [5.74, 6) is 1.19. The zero-order valence-corrected chi connectivity index (χ0v) is 12.0. The van der Waals surface area contributed by atoms with Gasteiger partial charge in [0.2, 0.25) is 0 Å². The maximum atomic E-state index is 12.6. The van der Waals surface area contributed by atoms with Crippen LogP contribution in [0.1, 0.15) is 71.1 Å². The number of hydrogen-bond donors (Lipinski definition) is 0. The highest BCUT2D eigenvalue weighted by atomic mass is 19.4. The molecule has 0 spiro atoms. The van der Waals surface area contributed by atoms with E-state index in [4.69, 9.17) is 0 Å². The van der Waals surface area contributed by atoms with Crippen LogP contribution in [0.25, 0.3) is 0 Å².